The lowest BCUT2D eigenvalue weighted by molar-refractivity contribution is -0.0261. The monoisotopic (exact) mass is 320 g/mol. The van der Waals surface area contributed by atoms with Gasteiger partial charge in [0.05, 0.1) is 11.5 Å². The Morgan fingerprint density at radius 1 is 0.875 bits per heavy atom. The number of hydrogen-bond acceptors (Lipinski definition) is 2. The van der Waals surface area contributed by atoms with Crippen LogP contribution in [0.15, 0.2) is 65.1 Å². The summed E-state index contributed by atoms with van der Waals surface area (Å²) in [5.74, 6) is 0.899. The van der Waals surface area contributed by atoms with Crippen LogP contribution < -0.4 is 9.93 Å². The van der Waals surface area contributed by atoms with Gasteiger partial charge in [0.1, 0.15) is 23.6 Å². The van der Waals surface area contributed by atoms with E-state index in [1.807, 2.05) is 30.3 Å². The maximum Gasteiger partial charge on any atom is 0.214 e. The molecule has 0 spiro atoms. The predicted octanol–water partition coefficient (Wildman–Crippen LogP) is 3.68. The zero-order valence-electron chi connectivity index (χ0n) is 14.1. The highest BCUT2D eigenvalue weighted by Gasteiger charge is 2.26. The van der Waals surface area contributed by atoms with E-state index in [1.54, 1.807) is 0 Å². The summed E-state index contributed by atoms with van der Waals surface area (Å²) >= 11 is 0. The minimum absolute atomic E-state index is 0.227. The Balaban J connectivity index is 2.00. The van der Waals surface area contributed by atoms with E-state index in [0.29, 0.717) is 0 Å². The molecule has 122 valence electrons. The number of nitrogens with zero attached hydrogens (tertiary/aromatic N) is 1. The fourth-order valence-corrected chi connectivity index (χ4v) is 3.50. The normalized spacial score (nSPS) is 21.2. The van der Waals surface area contributed by atoms with Gasteiger partial charge < -0.3 is 9.15 Å². The van der Waals surface area contributed by atoms with E-state index in [0.717, 1.165) is 35.4 Å². The van der Waals surface area contributed by atoms with Crippen molar-refractivity contribution in [2.75, 3.05) is 13.1 Å². The third-order valence-corrected chi connectivity index (χ3v) is 4.47. The number of morpholine rings is 1. The number of para-hydroxylation sites is 1. The maximum absolute atomic E-state index is 6.18. The van der Waals surface area contributed by atoms with Crippen LogP contribution in [0.2, 0.25) is 0 Å². The van der Waals surface area contributed by atoms with Crippen molar-refractivity contribution >= 4 is 11.0 Å². The summed E-state index contributed by atoms with van der Waals surface area (Å²) in [6, 6.07) is 20.7. The van der Waals surface area contributed by atoms with E-state index in [1.165, 1.54) is 5.36 Å². The molecule has 0 saturated carbocycles. The highest BCUT2D eigenvalue weighted by molar-refractivity contribution is 5.78. The smallest absolute Gasteiger partial charge is 0.214 e. The molecule has 3 heteroatoms. The maximum atomic E-state index is 6.18. The van der Waals surface area contributed by atoms with Gasteiger partial charge in [-0.1, -0.05) is 42.5 Å². The molecule has 4 rings (SSSR count). The lowest BCUT2D eigenvalue weighted by Crippen LogP contribution is -2.47. The number of hydrogen-bond donors (Lipinski definition) is 0. The van der Waals surface area contributed by atoms with Crippen molar-refractivity contribution < 1.29 is 9.15 Å². The second-order valence-electron chi connectivity index (χ2n) is 6.52. The fourth-order valence-electron chi connectivity index (χ4n) is 3.50. The van der Waals surface area contributed by atoms with Gasteiger partial charge in [-0.15, -0.1) is 0 Å². The predicted molar refractivity (Wildman–Crippen MR) is 96.7 cm³/mol. The van der Waals surface area contributed by atoms with E-state index in [9.17, 15) is 0 Å². The van der Waals surface area contributed by atoms with Gasteiger partial charge >= 0.3 is 0 Å². The number of ether oxygens (including phenoxy) is 1. The summed E-state index contributed by atoms with van der Waals surface area (Å²) in [5.41, 5.74) is 2.01. The van der Waals surface area contributed by atoms with Crippen LogP contribution in [0, 0.1) is 0 Å². The highest BCUT2D eigenvalue weighted by Crippen LogP contribution is 2.21. The van der Waals surface area contributed by atoms with Crippen molar-refractivity contribution in [1.82, 2.24) is 4.58 Å². The van der Waals surface area contributed by atoms with Crippen molar-refractivity contribution in [3.05, 3.63) is 66.0 Å². The molecule has 0 N–H and O–H groups in total. The Morgan fingerprint density at radius 3 is 2.29 bits per heavy atom. The Morgan fingerprint density at radius 2 is 1.54 bits per heavy atom. The molecule has 0 aliphatic carbocycles. The molecule has 2 atom stereocenters. The Kier molecular flexibility index (Phi) is 3.95. The topological polar surface area (TPSA) is 25.4 Å². The van der Waals surface area contributed by atoms with Crippen LogP contribution in [0.4, 0.5) is 0 Å². The van der Waals surface area contributed by atoms with Gasteiger partial charge in [-0.25, -0.2) is 4.58 Å². The second kappa shape index (κ2) is 6.25. The fraction of sp³-hybridized carbons (Fsp3) is 0.286. The summed E-state index contributed by atoms with van der Waals surface area (Å²) in [6.07, 6.45) is 0.453. The lowest BCUT2D eigenvalue weighted by Gasteiger charge is -2.23. The number of fused-ring (bicyclic) bond motifs is 1. The standard InChI is InChI=1S/C21H22NO2/c1-15-13-22(14-16(2)23-15)19-12-21(17-8-4-3-5-9-17)24-20-11-7-6-10-18(19)20/h3-12,15-16H,13-14H2,1-2H3/q+1/t15-,16-/m1/s1. The molecule has 1 saturated heterocycles. The molecule has 3 nitrogen and oxygen atoms in total. The van der Waals surface area contributed by atoms with E-state index < -0.39 is 0 Å². The van der Waals surface area contributed by atoms with Gasteiger partial charge in [-0.2, -0.15) is 0 Å². The van der Waals surface area contributed by atoms with Crippen molar-refractivity contribution in [2.45, 2.75) is 26.1 Å². The zero-order valence-corrected chi connectivity index (χ0v) is 14.1. The average Bonchev–Trinajstić information content (AvgIpc) is 2.60. The van der Waals surface area contributed by atoms with Crippen molar-refractivity contribution in [3.8, 4) is 11.3 Å². The van der Waals surface area contributed by atoms with Crippen molar-refractivity contribution in [2.24, 2.45) is 0 Å². The summed E-state index contributed by atoms with van der Waals surface area (Å²) < 4.78 is 14.5. The molecule has 24 heavy (non-hydrogen) atoms. The van der Waals surface area contributed by atoms with Crippen LogP contribution in [0.25, 0.3) is 22.3 Å². The summed E-state index contributed by atoms with van der Waals surface area (Å²) in [6.45, 7) is 6.06. The molecule has 1 aliphatic heterocycles. The van der Waals surface area contributed by atoms with Gasteiger partial charge in [-0.3, -0.25) is 0 Å². The first kappa shape index (κ1) is 15.2. The minimum atomic E-state index is 0.227. The van der Waals surface area contributed by atoms with Gasteiger partial charge in [0, 0.05) is 5.56 Å². The summed E-state index contributed by atoms with van der Waals surface area (Å²) in [7, 11) is 0. The van der Waals surface area contributed by atoms with Crippen LogP contribution in [0.1, 0.15) is 13.8 Å². The van der Waals surface area contributed by atoms with Crippen molar-refractivity contribution in [1.29, 1.82) is 0 Å². The average molecular weight is 320 g/mol. The van der Waals surface area contributed by atoms with Crippen LogP contribution in [-0.4, -0.2) is 25.3 Å². The van der Waals surface area contributed by atoms with Gasteiger partial charge in [0.25, 0.3) is 0 Å². The van der Waals surface area contributed by atoms with Crippen molar-refractivity contribution in [3.63, 3.8) is 0 Å². The van der Waals surface area contributed by atoms with Gasteiger partial charge in [0.2, 0.25) is 5.36 Å². The molecule has 0 amide bonds. The first-order chi connectivity index (χ1) is 11.7. The molecule has 1 fully saturated rings. The molecule has 0 radical (unpaired) electrons. The molecule has 0 unspecified atom stereocenters. The van der Waals surface area contributed by atoms with Gasteiger partial charge in [0.15, 0.2) is 13.1 Å². The molecular weight excluding hydrogens is 298 g/mol. The van der Waals surface area contributed by atoms with E-state index in [-0.39, 0.29) is 12.2 Å². The third-order valence-electron chi connectivity index (χ3n) is 4.47. The lowest BCUT2D eigenvalue weighted by atomic mass is 10.1. The summed E-state index contributed by atoms with van der Waals surface area (Å²) in [4.78, 5) is 0. The zero-order chi connectivity index (χ0) is 16.5. The Labute approximate surface area is 141 Å². The van der Waals surface area contributed by atoms with E-state index in [2.05, 4.69) is 48.8 Å². The molecule has 3 aromatic rings. The molecule has 1 aliphatic rings. The largest absolute Gasteiger partial charge is 0.456 e. The second-order valence-corrected chi connectivity index (χ2v) is 6.52. The van der Waals surface area contributed by atoms with E-state index in [4.69, 9.17) is 9.15 Å². The van der Waals surface area contributed by atoms with Crippen LogP contribution in [0.5, 0.6) is 0 Å². The highest BCUT2D eigenvalue weighted by atomic mass is 16.5. The SMILES string of the molecule is C[C@@H]1C[N+](=c2cc(-c3ccccc3)oc3ccccc23)C[C@@H](C)O1. The number of rotatable bonds is 1. The van der Waals surface area contributed by atoms with Gasteiger partial charge in [-0.05, 0) is 26.0 Å². The molecule has 2 aromatic carbocycles. The molecule has 0 bridgehead atoms. The summed E-state index contributed by atoms with van der Waals surface area (Å²) in [5, 5.41) is 2.37. The number of benzene rings is 2. The van der Waals surface area contributed by atoms with Crippen LogP contribution in [-0.2, 0) is 4.74 Å². The Hall–Kier alpha value is -2.39. The van der Waals surface area contributed by atoms with E-state index >= 15 is 0 Å². The first-order valence-electron chi connectivity index (χ1n) is 8.52. The van der Waals surface area contributed by atoms with Crippen LogP contribution in [0.3, 0.4) is 0 Å². The first-order valence-corrected chi connectivity index (χ1v) is 8.52. The van der Waals surface area contributed by atoms with Crippen LogP contribution >= 0.6 is 0 Å². The minimum Gasteiger partial charge on any atom is -0.456 e. The molecular formula is C21H22NO2+. The molecule has 1 aromatic heterocycles. The quantitative estimate of drug-likeness (QED) is 0.639. The third kappa shape index (κ3) is 2.87. The Bertz CT molecular complexity index is 915. The molecule has 2 heterocycles.